The zero-order valence-electron chi connectivity index (χ0n) is 12.8. The van der Waals surface area contributed by atoms with Crippen LogP contribution in [0.15, 0.2) is 24.3 Å². The standard InChI is InChI=1S/C16H28N2O/c1-5-18(13-16(3,4)12-17)10-11-19-15-9-7-6-8-14(15)2/h6-9H,5,10-13,17H2,1-4H3. The molecule has 19 heavy (non-hydrogen) atoms. The Kier molecular flexibility index (Phi) is 6.32. The summed E-state index contributed by atoms with van der Waals surface area (Å²) >= 11 is 0. The highest BCUT2D eigenvalue weighted by atomic mass is 16.5. The Morgan fingerprint density at radius 3 is 2.53 bits per heavy atom. The Hall–Kier alpha value is -1.06. The molecule has 0 spiro atoms. The molecule has 0 aliphatic rings. The Bertz CT molecular complexity index is 377. The highest BCUT2D eigenvalue weighted by Gasteiger charge is 2.19. The van der Waals surface area contributed by atoms with E-state index in [0.717, 1.165) is 32.0 Å². The van der Waals surface area contributed by atoms with Crippen molar-refractivity contribution in [1.29, 1.82) is 0 Å². The number of aryl methyl sites for hydroxylation is 1. The zero-order chi connectivity index (χ0) is 14.3. The van der Waals surface area contributed by atoms with E-state index >= 15 is 0 Å². The number of para-hydroxylation sites is 1. The van der Waals surface area contributed by atoms with E-state index in [1.165, 1.54) is 5.56 Å². The smallest absolute Gasteiger partial charge is 0.122 e. The molecule has 0 saturated carbocycles. The molecule has 0 saturated heterocycles. The molecule has 1 rings (SSSR count). The molecule has 0 aliphatic carbocycles. The molecular formula is C16H28N2O. The minimum absolute atomic E-state index is 0.165. The first-order chi connectivity index (χ1) is 8.98. The van der Waals surface area contributed by atoms with Crippen LogP contribution in [0.25, 0.3) is 0 Å². The molecule has 1 aromatic rings. The first-order valence-electron chi connectivity index (χ1n) is 7.09. The first kappa shape index (κ1) is 16.0. The summed E-state index contributed by atoms with van der Waals surface area (Å²) in [4.78, 5) is 2.39. The van der Waals surface area contributed by atoms with Crippen LogP contribution in [0.2, 0.25) is 0 Å². The second-order valence-electron chi connectivity index (χ2n) is 5.85. The highest BCUT2D eigenvalue weighted by molar-refractivity contribution is 5.31. The second-order valence-corrected chi connectivity index (χ2v) is 5.85. The fourth-order valence-electron chi connectivity index (χ4n) is 2.02. The number of benzene rings is 1. The van der Waals surface area contributed by atoms with Gasteiger partial charge in [-0.25, -0.2) is 0 Å². The number of hydrogen-bond donors (Lipinski definition) is 1. The van der Waals surface area contributed by atoms with Crippen molar-refractivity contribution in [3.63, 3.8) is 0 Å². The van der Waals surface area contributed by atoms with Crippen molar-refractivity contribution in [3.8, 4) is 5.75 Å². The van der Waals surface area contributed by atoms with Crippen molar-refractivity contribution in [2.45, 2.75) is 27.7 Å². The molecule has 0 unspecified atom stereocenters. The first-order valence-corrected chi connectivity index (χ1v) is 7.09. The second kappa shape index (κ2) is 7.51. The van der Waals surface area contributed by atoms with Gasteiger partial charge in [0.25, 0.3) is 0 Å². The third-order valence-corrected chi connectivity index (χ3v) is 3.41. The third-order valence-electron chi connectivity index (χ3n) is 3.41. The fourth-order valence-corrected chi connectivity index (χ4v) is 2.02. The Labute approximate surface area is 117 Å². The molecular weight excluding hydrogens is 236 g/mol. The zero-order valence-corrected chi connectivity index (χ0v) is 12.8. The van der Waals surface area contributed by atoms with Gasteiger partial charge in [-0.15, -0.1) is 0 Å². The maximum Gasteiger partial charge on any atom is 0.122 e. The van der Waals surface area contributed by atoms with Crippen molar-refractivity contribution in [2.75, 3.05) is 32.8 Å². The molecule has 3 nitrogen and oxygen atoms in total. The summed E-state index contributed by atoms with van der Waals surface area (Å²) in [7, 11) is 0. The van der Waals surface area contributed by atoms with Gasteiger partial charge in [-0.3, -0.25) is 4.90 Å². The SMILES string of the molecule is CCN(CCOc1ccccc1C)CC(C)(C)CN. The van der Waals surface area contributed by atoms with E-state index < -0.39 is 0 Å². The average Bonchev–Trinajstić information content (AvgIpc) is 2.39. The van der Waals surface area contributed by atoms with Gasteiger partial charge < -0.3 is 10.5 Å². The van der Waals surface area contributed by atoms with Gasteiger partial charge in [-0.05, 0) is 37.1 Å². The van der Waals surface area contributed by atoms with Crippen LogP contribution in [0, 0.1) is 12.3 Å². The van der Waals surface area contributed by atoms with Crippen LogP contribution >= 0.6 is 0 Å². The van der Waals surface area contributed by atoms with E-state index in [-0.39, 0.29) is 5.41 Å². The molecule has 0 amide bonds. The van der Waals surface area contributed by atoms with Crippen molar-refractivity contribution in [1.82, 2.24) is 4.90 Å². The van der Waals surface area contributed by atoms with Gasteiger partial charge in [0.2, 0.25) is 0 Å². The normalized spacial score (nSPS) is 11.9. The van der Waals surface area contributed by atoms with Gasteiger partial charge >= 0.3 is 0 Å². The lowest BCUT2D eigenvalue weighted by Crippen LogP contribution is -2.40. The van der Waals surface area contributed by atoms with E-state index in [1.54, 1.807) is 0 Å². The van der Waals surface area contributed by atoms with Gasteiger partial charge in [-0.1, -0.05) is 39.0 Å². The predicted molar refractivity (Wildman–Crippen MR) is 81.6 cm³/mol. The maximum absolute atomic E-state index is 5.84. The molecule has 0 atom stereocenters. The van der Waals surface area contributed by atoms with Crippen molar-refractivity contribution >= 4 is 0 Å². The van der Waals surface area contributed by atoms with Crippen molar-refractivity contribution in [3.05, 3.63) is 29.8 Å². The van der Waals surface area contributed by atoms with Gasteiger partial charge in [0.1, 0.15) is 12.4 Å². The van der Waals surface area contributed by atoms with Crippen LogP contribution in [0.1, 0.15) is 26.3 Å². The quantitative estimate of drug-likeness (QED) is 0.784. The van der Waals surface area contributed by atoms with Crippen LogP contribution in [0.3, 0.4) is 0 Å². The molecule has 108 valence electrons. The molecule has 0 aliphatic heterocycles. The van der Waals surface area contributed by atoms with Crippen molar-refractivity contribution < 1.29 is 4.74 Å². The maximum atomic E-state index is 5.84. The van der Waals surface area contributed by atoms with Gasteiger partial charge in [0.15, 0.2) is 0 Å². The third kappa shape index (κ3) is 5.62. The Morgan fingerprint density at radius 1 is 1.26 bits per heavy atom. The number of likely N-dealkylation sites (N-methyl/N-ethyl adjacent to an activating group) is 1. The minimum atomic E-state index is 0.165. The lowest BCUT2D eigenvalue weighted by Gasteiger charge is -2.30. The number of rotatable bonds is 8. The fraction of sp³-hybridized carbons (Fsp3) is 0.625. The lowest BCUT2D eigenvalue weighted by atomic mass is 9.93. The summed E-state index contributed by atoms with van der Waals surface area (Å²) in [6.07, 6.45) is 0. The van der Waals surface area contributed by atoms with E-state index in [1.807, 2.05) is 18.2 Å². The molecule has 3 heteroatoms. The lowest BCUT2D eigenvalue weighted by molar-refractivity contribution is 0.160. The molecule has 0 radical (unpaired) electrons. The number of nitrogens with two attached hydrogens (primary N) is 1. The van der Waals surface area contributed by atoms with Gasteiger partial charge in [0.05, 0.1) is 0 Å². The minimum Gasteiger partial charge on any atom is -0.492 e. The number of hydrogen-bond acceptors (Lipinski definition) is 3. The van der Waals surface area contributed by atoms with Crippen LogP contribution in [-0.4, -0.2) is 37.7 Å². The average molecular weight is 264 g/mol. The predicted octanol–water partition coefficient (Wildman–Crippen LogP) is 2.68. The molecule has 0 aromatic heterocycles. The monoisotopic (exact) mass is 264 g/mol. The topological polar surface area (TPSA) is 38.5 Å². The summed E-state index contributed by atoms with van der Waals surface area (Å²) in [6, 6.07) is 8.14. The summed E-state index contributed by atoms with van der Waals surface area (Å²) in [5.74, 6) is 0.983. The molecule has 0 heterocycles. The van der Waals surface area contributed by atoms with E-state index in [4.69, 9.17) is 10.5 Å². The van der Waals surface area contributed by atoms with E-state index in [9.17, 15) is 0 Å². The van der Waals surface area contributed by atoms with E-state index in [0.29, 0.717) is 6.54 Å². The summed E-state index contributed by atoms with van der Waals surface area (Å²) in [5.41, 5.74) is 7.14. The van der Waals surface area contributed by atoms with Crippen LogP contribution < -0.4 is 10.5 Å². The van der Waals surface area contributed by atoms with Crippen LogP contribution in [0.4, 0.5) is 0 Å². The molecule has 0 fully saturated rings. The number of nitrogens with zero attached hydrogens (tertiary/aromatic N) is 1. The Morgan fingerprint density at radius 2 is 1.95 bits per heavy atom. The molecule has 0 bridgehead atoms. The van der Waals surface area contributed by atoms with Crippen LogP contribution in [0.5, 0.6) is 5.75 Å². The molecule has 2 N–H and O–H groups in total. The summed E-state index contributed by atoms with van der Waals surface area (Å²) in [5, 5.41) is 0. The van der Waals surface area contributed by atoms with E-state index in [2.05, 4.69) is 38.7 Å². The Balaban J connectivity index is 2.40. The van der Waals surface area contributed by atoms with Gasteiger partial charge in [-0.2, -0.15) is 0 Å². The number of ether oxygens (including phenoxy) is 1. The van der Waals surface area contributed by atoms with Crippen LogP contribution in [-0.2, 0) is 0 Å². The highest BCUT2D eigenvalue weighted by Crippen LogP contribution is 2.17. The molecule has 1 aromatic carbocycles. The largest absolute Gasteiger partial charge is 0.492 e. The van der Waals surface area contributed by atoms with Gasteiger partial charge in [0, 0.05) is 13.1 Å². The summed E-state index contributed by atoms with van der Waals surface area (Å²) < 4.78 is 5.84. The summed E-state index contributed by atoms with van der Waals surface area (Å²) in [6.45, 7) is 13.1. The van der Waals surface area contributed by atoms with Crippen molar-refractivity contribution in [2.24, 2.45) is 11.1 Å².